The lowest BCUT2D eigenvalue weighted by atomic mass is 9.89. The van der Waals surface area contributed by atoms with Crippen molar-refractivity contribution in [2.24, 2.45) is 5.41 Å². The van der Waals surface area contributed by atoms with Crippen LogP contribution in [0.5, 0.6) is 0 Å². The van der Waals surface area contributed by atoms with Crippen LogP contribution in [0.4, 0.5) is 0 Å². The van der Waals surface area contributed by atoms with E-state index in [9.17, 15) is 4.79 Å². The molecule has 0 radical (unpaired) electrons. The molecule has 0 aromatic rings. The smallest absolute Gasteiger partial charge is 0.226 e. The Morgan fingerprint density at radius 2 is 2.08 bits per heavy atom. The predicted molar refractivity (Wildman–Crippen MR) is 51.9 cm³/mol. The van der Waals surface area contributed by atoms with Gasteiger partial charge in [0.2, 0.25) is 5.91 Å². The highest BCUT2D eigenvalue weighted by Gasteiger charge is 2.26. The van der Waals surface area contributed by atoms with Gasteiger partial charge in [0.25, 0.3) is 0 Å². The van der Waals surface area contributed by atoms with E-state index in [0.717, 1.165) is 6.42 Å². The summed E-state index contributed by atoms with van der Waals surface area (Å²) in [5, 5.41) is 11.4. The number of hydrogen-bond acceptors (Lipinski definition) is 2. The van der Waals surface area contributed by atoms with E-state index in [1.165, 1.54) is 0 Å². The summed E-state index contributed by atoms with van der Waals surface area (Å²) in [6, 6.07) is 1.70. The molecule has 0 saturated carbocycles. The molecule has 13 heavy (non-hydrogen) atoms. The molecule has 1 unspecified atom stereocenters. The Bertz CT molecular complexity index is 215. The van der Waals surface area contributed by atoms with E-state index >= 15 is 0 Å². The molecule has 0 saturated heterocycles. The summed E-state index contributed by atoms with van der Waals surface area (Å²) in [5.41, 5.74) is -0.371. The molecule has 3 nitrogen and oxygen atoms in total. The minimum absolute atomic E-state index is 0.0385. The molecule has 0 aliphatic heterocycles. The fraction of sp³-hybridized carbons (Fsp3) is 0.800. The molecular formula is C10H18N2O. The Kier molecular flexibility index (Phi) is 4.47. The second-order valence-corrected chi connectivity index (χ2v) is 3.80. The second-order valence-electron chi connectivity index (χ2n) is 3.80. The van der Waals surface area contributed by atoms with Crippen LogP contribution in [0.2, 0.25) is 0 Å². The van der Waals surface area contributed by atoms with Gasteiger partial charge >= 0.3 is 0 Å². The van der Waals surface area contributed by atoms with Gasteiger partial charge in [-0.25, -0.2) is 0 Å². The molecule has 0 aromatic carbocycles. The first kappa shape index (κ1) is 12.0. The largest absolute Gasteiger partial charge is 0.340 e. The van der Waals surface area contributed by atoms with Gasteiger partial charge in [-0.1, -0.05) is 27.7 Å². The Morgan fingerprint density at radius 1 is 1.54 bits per heavy atom. The Labute approximate surface area is 80.1 Å². The molecule has 0 spiro atoms. The number of nitrogens with zero attached hydrogens (tertiary/aromatic N) is 1. The van der Waals surface area contributed by atoms with Crippen molar-refractivity contribution in [3.8, 4) is 6.07 Å². The first-order valence-electron chi connectivity index (χ1n) is 4.68. The van der Waals surface area contributed by atoms with Crippen LogP contribution in [0.3, 0.4) is 0 Å². The summed E-state index contributed by atoms with van der Waals surface area (Å²) >= 11 is 0. The molecule has 0 heterocycles. The molecule has 1 amide bonds. The molecule has 1 N–H and O–H groups in total. The second kappa shape index (κ2) is 4.86. The van der Waals surface area contributed by atoms with Gasteiger partial charge in [-0.05, 0) is 12.8 Å². The van der Waals surface area contributed by atoms with Gasteiger partial charge in [-0.15, -0.1) is 0 Å². The number of nitriles is 1. The van der Waals surface area contributed by atoms with Crippen LogP contribution >= 0.6 is 0 Å². The van der Waals surface area contributed by atoms with Crippen molar-refractivity contribution in [3.63, 3.8) is 0 Å². The van der Waals surface area contributed by atoms with Crippen molar-refractivity contribution in [2.45, 2.75) is 46.6 Å². The number of rotatable bonds is 4. The van der Waals surface area contributed by atoms with Crippen LogP contribution in [0.15, 0.2) is 0 Å². The van der Waals surface area contributed by atoms with Crippen LogP contribution in [-0.2, 0) is 4.79 Å². The van der Waals surface area contributed by atoms with Crippen LogP contribution in [0.25, 0.3) is 0 Å². The summed E-state index contributed by atoms with van der Waals surface area (Å²) in [6.07, 6.45) is 1.43. The fourth-order valence-electron chi connectivity index (χ4n) is 0.740. The van der Waals surface area contributed by atoms with Gasteiger partial charge < -0.3 is 5.32 Å². The third kappa shape index (κ3) is 3.45. The van der Waals surface area contributed by atoms with Crippen LogP contribution in [-0.4, -0.2) is 11.9 Å². The maximum absolute atomic E-state index is 11.6. The zero-order valence-corrected chi connectivity index (χ0v) is 8.85. The van der Waals surface area contributed by atoms with Crippen molar-refractivity contribution >= 4 is 5.91 Å². The average molecular weight is 182 g/mol. The van der Waals surface area contributed by atoms with E-state index in [1.54, 1.807) is 0 Å². The molecule has 3 heteroatoms. The van der Waals surface area contributed by atoms with Gasteiger partial charge in [0.05, 0.1) is 6.07 Å². The molecule has 0 aromatic heterocycles. The van der Waals surface area contributed by atoms with Crippen LogP contribution in [0, 0.1) is 16.7 Å². The van der Waals surface area contributed by atoms with E-state index in [0.29, 0.717) is 6.42 Å². The zero-order chi connectivity index (χ0) is 10.5. The highest BCUT2D eigenvalue weighted by molar-refractivity contribution is 5.82. The molecule has 74 valence electrons. The van der Waals surface area contributed by atoms with Gasteiger partial charge in [0.15, 0.2) is 0 Å². The standard InChI is InChI=1S/C10H18N2O/c1-5-8(7-11)12-9(13)10(3,4)6-2/h8H,5-6H2,1-4H3,(H,12,13). The average Bonchev–Trinajstić information content (AvgIpc) is 2.13. The molecule has 0 aliphatic carbocycles. The number of nitrogens with one attached hydrogen (secondary N) is 1. The SMILES string of the molecule is CCC(C#N)NC(=O)C(C)(C)CC. The maximum atomic E-state index is 11.6. The topological polar surface area (TPSA) is 52.9 Å². The Hall–Kier alpha value is -1.04. The van der Waals surface area contributed by atoms with Gasteiger partial charge in [0, 0.05) is 5.41 Å². The number of hydrogen-bond donors (Lipinski definition) is 1. The molecule has 0 bridgehead atoms. The highest BCUT2D eigenvalue weighted by Crippen LogP contribution is 2.19. The summed E-state index contributed by atoms with van der Waals surface area (Å²) in [7, 11) is 0. The normalized spacial score (nSPS) is 13.2. The Morgan fingerprint density at radius 3 is 2.38 bits per heavy atom. The third-order valence-corrected chi connectivity index (χ3v) is 2.37. The summed E-state index contributed by atoms with van der Waals surface area (Å²) in [6.45, 7) is 7.61. The first-order valence-corrected chi connectivity index (χ1v) is 4.68. The minimum Gasteiger partial charge on any atom is -0.340 e. The van der Waals surface area contributed by atoms with Crippen molar-refractivity contribution in [1.82, 2.24) is 5.32 Å². The summed E-state index contributed by atoms with van der Waals surface area (Å²) in [5.74, 6) is -0.0385. The molecular weight excluding hydrogens is 164 g/mol. The van der Waals surface area contributed by atoms with Gasteiger partial charge in [-0.2, -0.15) is 5.26 Å². The quantitative estimate of drug-likeness (QED) is 0.721. The van der Waals surface area contributed by atoms with Crippen LogP contribution in [0.1, 0.15) is 40.5 Å². The number of carbonyl (C=O) groups is 1. The highest BCUT2D eigenvalue weighted by atomic mass is 16.2. The molecule has 0 aliphatic rings. The lowest BCUT2D eigenvalue weighted by Gasteiger charge is -2.22. The van der Waals surface area contributed by atoms with Crippen molar-refractivity contribution in [1.29, 1.82) is 5.26 Å². The van der Waals surface area contributed by atoms with Gasteiger partial charge in [-0.3, -0.25) is 4.79 Å². The maximum Gasteiger partial charge on any atom is 0.226 e. The Balaban J connectivity index is 4.23. The predicted octanol–water partition coefficient (Wildman–Crippen LogP) is 1.84. The first-order chi connectivity index (χ1) is 5.97. The van der Waals surface area contributed by atoms with Crippen molar-refractivity contribution in [3.05, 3.63) is 0 Å². The van der Waals surface area contributed by atoms with E-state index in [-0.39, 0.29) is 17.4 Å². The molecule has 0 fully saturated rings. The van der Waals surface area contributed by atoms with E-state index < -0.39 is 0 Å². The van der Waals surface area contributed by atoms with Crippen molar-refractivity contribution < 1.29 is 4.79 Å². The number of carbonyl (C=O) groups excluding carboxylic acids is 1. The zero-order valence-electron chi connectivity index (χ0n) is 8.85. The lowest BCUT2D eigenvalue weighted by molar-refractivity contribution is -0.129. The lowest BCUT2D eigenvalue weighted by Crippen LogP contribution is -2.41. The van der Waals surface area contributed by atoms with E-state index in [2.05, 4.69) is 5.32 Å². The van der Waals surface area contributed by atoms with Gasteiger partial charge in [0.1, 0.15) is 6.04 Å². The number of amides is 1. The molecule has 1 atom stereocenters. The fourth-order valence-corrected chi connectivity index (χ4v) is 0.740. The summed E-state index contributed by atoms with van der Waals surface area (Å²) in [4.78, 5) is 11.6. The molecule has 0 rings (SSSR count). The minimum atomic E-state index is -0.371. The van der Waals surface area contributed by atoms with Crippen LogP contribution < -0.4 is 5.32 Å². The van der Waals surface area contributed by atoms with Crippen molar-refractivity contribution in [2.75, 3.05) is 0 Å². The van der Waals surface area contributed by atoms with E-state index in [4.69, 9.17) is 5.26 Å². The summed E-state index contributed by atoms with van der Waals surface area (Å²) < 4.78 is 0. The monoisotopic (exact) mass is 182 g/mol. The van der Waals surface area contributed by atoms with E-state index in [1.807, 2.05) is 33.8 Å². The third-order valence-electron chi connectivity index (χ3n) is 2.37.